The van der Waals surface area contributed by atoms with Crippen LogP contribution >= 0.6 is 0 Å². The van der Waals surface area contributed by atoms with Gasteiger partial charge in [0.1, 0.15) is 17.3 Å². The number of pyridine rings is 1. The standard InChI is InChI=1S/C25H26F2N4O4/c1-14-5-6-31-20(12-17-13-30(7-8-35-17)25(33)34-2)23(29-21(31)9-14)22-18(26)10-15(11-19(22)27)24(32)28-16-3-4-16/h5-6,9-11,16-17H,3-4,7-8,12-13H2,1-2H3,(H,28,32)/t17-/m0/s1. The van der Waals surface area contributed by atoms with Crippen molar-refractivity contribution in [2.24, 2.45) is 0 Å². The van der Waals surface area contributed by atoms with Crippen LogP contribution in [0.1, 0.15) is 34.5 Å². The van der Waals surface area contributed by atoms with E-state index in [1.54, 1.807) is 10.6 Å². The topological polar surface area (TPSA) is 85.2 Å². The van der Waals surface area contributed by atoms with Crippen LogP contribution in [0, 0.1) is 18.6 Å². The number of nitrogens with one attached hydrogen (secondary N) is 1. The Labute approximate surface area is 200 Å². The molecule has 8 nitrogen and oxygen atoms in total. The molecule has 3 aromatic rings. The predicted molar refractivity (Wildman–Crippen MR) is 123 cm³/mol. The molecule has 2 fully saturated rings. The average molecular weight is 485 g/mol. The van der Waals surface area contributed by atoms with Gasteiger partial charge in [0.2, 0.25) is 0 Å². The van der Waals surface area contributed by atoms with Gasteiger partial charge < -0.3 is 24.1 Å². The average Bonchev–Trinajstić information content (AvgIpc) is 3.59. The Morgan fingerprint density at radius 3 is 2.66 bits per heavy atom. The van der Waals surface area contributed by atoms with E-state index in [0.29, 0.717) is 24.5 Å². The van der Waals surface area contributed by atoms with Gasteiger partial charge in [-0.05, 0) is 49.6 Å². The maximum Gasteiger partial charge on any atom is 0.409 e. The molecule has 0 bridgehead atoms. The molecule has 0 spiro atoms. The van der Waals surface area contributed by atoms with Crippen LogP contribution in [0.4, 0.5) is 13.6 Å². The summed E-state index contributed by atoms with van der Waals surface area (Å²) < 4.78 is 43.1. The summed E-state index contributed by atoms with van der Waals surface area (Å²) in [5.74, 6) is -2.23. The Morgan fingerprint density at radius 2 is 1.97 bits per heavy atom. The van der Waals surface area contributed by atoms with E-state index in [1.807, 2.05) is 19.1 Å². The number of benzene rings is 1. The molecule has 1 saturated carbocycles. The van der Waals surface area contributed by atoms with Gasteiger partial charge >= 0.3 is 6.09 Å². The molecular formula is C25H26F2N4O4. The molecule has 5 rings (SSSR count). The Kier molecular flexibility index (Phi) is 6.14. The highest BCUT2D eigenvalue weighted by Gasteiger charge is 2.30. The summed E-state index contributed by atoms with van der Waals surface area (Å²) in [4.78, 5) is 30.4. The van der Waals surface area contributed by atoms with Crippen molar-refractivity contribution in [1.82, 2.24) is 19.6 Å². The van der Waals surface area contributed by atoms with Gasteiger partial charge in [-0.2, -0.15) is 0 Å². The van der Waals surface area contributed by atoms with Gasteiger partial charge in [0.15, 0.2) is 0 Å². The van der Waals surface area contributed by atoms with E-state index >= 15 is 8.78 Å². The summed E-state index contributed by atoms with van der Waals surface area (Å²) in [5.41, 5.74) is 1.79. The predicted octanol–water partition coefficient (Wildman–Crippen LogP) is 3.49. The van der Waals surface area contributed by atoms with Crippen molar-refractivity contribution in [3.63, 3.8) is 0 Å². The van der Waals surface area contributed by atoms with E-state index in [1.165, 1.54) is 12.0 Å². The van der Waals surface area contributed by atoms with Crippen LogP contribution in [0.25, 0.3) is 16.9 Å². The number of fused-ring (bicyclic) bond motifs is 1. The number of hydrogen-bond donors (Lipinski definition) is 1. The van der Waals surface area contributed by atoms with E-state index in [2.05, 4.69) is 10.3 Å². The number of hydrogen-bond acceptors (Lipinski definition) is 5. The molecule has 35 heavy (non-hydrogen) atoms. The first-order chi connectivity index (χ1) is 16.8. The van der Waals surface area contributed by atoms with E-state index in [-0.39, 0.29) is 35.8 Å². The van der Waals surface area contributed by atoms with Gasteiger partial charge in [0, 0.05) is 30.8 Å². The number of halogens is 2. The van der Waals surface area contributed by atoms with Crippen molar-refractivity contribution in [2.45, 2.75) is 38.3 Å². The molecule has 2 aromatic heterocycles. The molecule has 1 aliphatic carbocycles. The SMILES string of the molecule is COC(=O)N1CCO[C@@H](Cc2c(-c3c(F)cc(C(=O)NC4CC4)cc3F)nc3cc(C)ccn23)C1. The lowest BCUT2D eigenvalue weighted by atomic mass is 10.0. The number of aryl methyl sites for hydroxylation is 1. The fourth-order valence-corrected chi connectivity index (χ4v) is 4.37. The zero-order valence-corrected chi connectivity index (χ0v) is 19.5. The van der Waals surface area contributed by atoms with Crippen LogP contribution in [0.5, 0.6) is 0 Å². The molecule has 10 heteroatoms. The van der Waals surface area contributed by atoms with E-state index in [9.17, 15) is 9.59 Å². The van der Waals surface area contributed by atoms with Gasteiger partial charge in [0.25, 0.3) is 5.91 Å². The summed E-state index contributed by atoms with van der Waals surface area (Å²) in [5, 5.41) is 2.74. The molecule has 1 atom stereocenters. The first-order valence-electron chi connectivity index (χ1n) is 11.6. The largest absolute Gasteiger partial charge is 0.453 e. The highest BCUT2D eigenvalue weighted by atomic mass is 19.1. The molecule has 0 unspecified atom stereocenters. The molecule has 1 aliphatic heterocycles. The normalized spacial score (nSPS) is 18.1. The highest BCUT2D eigenvalue weighted by molar-refractivity contribution is 5.95. The second kappa shape index (κ2) is 9.26. The summed E-state index contributed by atoms with van der Waals surface area (Å²) >= 11 is 0. The molecule has 3 heterocycles. The lowest BCUT2D eigenvalue weighted by Gasteiger charge is -2.32. The molecule has 0 radical (unpaired) electrons. The van der Waals surface area contributed by atoms with Crippen molar-refractivity contribution in [2.75, 3.05) is 26.8 Å². The van der Waals surface area contributed by atoms with E-state index < -0.39 is 29.7 Å². The fraction of sp³-hybridized carbons (Fsp3) is 0.400. The highest BCUT2D eigenvalue weighted by Crippen LogP contribution is 2.32. The fourth-order valence-electron chi connectivity index (χ4n) is 4.37. The van der Waals surface area contributed by atoms with Crippen molar-refractivity contribution in [3.8, 4) is 11.3 Å². The summed E-state index contributed by atoms with van der Waals surface area (Å²) in [7, 11) is 1.32. The number of carbonyl (C=O) groups is 2. The van der Waals surface area contributed by atoms with Crippen molar-refractivity contribution in [3.05, 3.63) is 58.9 Å². The molecule has 2 aliphatic rings. The number of rotatable bonds is 5. The number of nitrogens with zero attached hydrogens (tertiary/aromatic N) is 3. The Morgan fingerprint density at radius 1 is 1.23 bits per heavy atom. The number of amides is 2. The lowest BCUT2D eigenvalue weighted by molar-refractivity contribution is -0.0241. The molecule has 1 N–H and O–H groups in total. The third kappa shape index (κ3) is 4.70. The number of aromatic nitrogens is 2. The molecule has 184 valence electrons. The van der Waals surface area contributed by atoms with Gasteiger partial charge in [-0.25, -0.2) is 18.6 Å². The zero-order valence-electron chi connectivity index (χ0n) is 19.5. The number of morpholine rings is 1. The van der Waals surface area contributed by atoms with Crippen LogP contribution in [-0.4, -0.2) is 65.2 Å². The maximum atomic E-state index is 15.3. The number of methoxy groups -OCH3 is 1. The van der Waals surface area contributed by atoms with Gasteiger partial charge in [0.05, 0.1) is 43.3 Å². The minimum atomic E-state index is -0.868. The van der Waals surface area contributed by atoms with Crippen molar-refractivity contribution in [1.29, 1.82) is 0 Å². The minimum Gasteiger partial charge on any atom is -0.453 e. The Bertz CT molecular complexity index is 1280. The lowest BCUT2D eigenvalue weighted by Crippen LogP contribution is -2.46. The Balaban J connectivity index is 1.53. The van der Waals surface area contributed by atoms with Gasteiger partial charge in [-0.1, -0.05) is 0 Å². The van der Waals surface area contributed by atoms with E-state index in [4.69, 9.17) is 9.47 Å². The first-order valence-corrected chi connectivity index (χ1v) is 11.6. The van der Waals surface area contributed by atoms with Crippen molar-refractivity contribution < 1.29 is 27.8 Å². The van der Waals surface area contributed by atoms with Crippen molar-refractivity contribution >= 4 is 17.6 Å². The minimum absolute atomic E-state index is 0.0684. The molecular weight excluding hydrogens is 458 g/mol. The zero-order chi connectivity index (χ0) is 24.7. The molecule has 1 saturated heterocycles. The summed E-state index contributed by atoms with van der Waals surface area (Å²) in [6.07, 6.45) is 2.92. The van der Waals surface area contributed by atoms with Gasteiger partial charge in [-0.3, -0.25) is 4.79 Å². The van der Waals surface area contributed by atoms with Crippen LogP contribution in [-0.2, 0) is 15.9 Å². The molecule has 2 amide bonds. The Hall–Kier alpha value is -3.53. The second-order valence-electron chi connectivity index (χ2n) is 9.01. The third-order valence-corrected chi connectivity index (χ3v) is 6.33. The van der Waals surface area contributed by atoms with Crippen LogP contribution in [0.2, 0.25) is 0 Å². The third-order valence-electron chi connectivity index (χ3n) is 6.33. The number of ether oxygens (including phenoxy) is 2. The number of carbonyl (C=O) groups excluding carboxylic acids is 2. The number of imidazole rings is 1. The van der Waals surface area contributed by atoms with Crippen LogP contribution in [0.15, 0.2) is 30.5 Å². The monoisotopic (exact) mass is 484 g/mol. The first kappa shape index (κ1) is 23.2. The van der Waals surface area contributed by atoms with E-state index in [0.717, 1.165) is 30.5 Å². The quantitative estimate of drug-likeness (QED) is 0.599. The maximum absolute atomic E-state index is 15.3. The summed E-state index contributed by atoms with van der Waals surface area (Å²) in [6, 6.07) is 5.86. The van der Waals surface area contributed by atoms with Gasteiger partial charge in [-0.15, -0.1) is 0 Å². The van der Waals surface area contributed by atoms with Crippen LogP contribution in [0.3, 0.4) is 0 Å². The second-order valence-corrected chi connectivity index (χ2v) is 9.01. The van der Waals surface area contributed by atoms with Crippen LogP contribution < -0.4 is 5.32 Å². The molecule has 1 aromatic carbocycles. The summed E-state index contributed by atoms with van der Waals surface area (Å²) in [6.45, 7) is 2.89. The smallest absolute Gasteiger partial charge is 0.409 e.